The van der Waals surface area contributed by atoms with E-state index >= 15 is 0 Å². The molecule has 90 valence electrons. The predicted molar refractivity (Wildman–Crippen MR) is 81.7 cm³/mol. The van der Waals surface area contributed by atoms with Crippen LogP contribution in [0.4, 0.5) is 0 Å². The molecule has 18 heavy (non-hydrogen) atoms. The monoisotopic (exact) mass is 388 g/mol. The largest absolute Gasteiger partial charge is 0.454 e. The first-order valence-corrected chi connectivity index (χ1v) is 7.33. The molecule has 0 saturated carbocycles. The summed E-state index contributed by atoms with van der Waals surface area (Å²) in [5, 5.41) is 0.452. The number of hydrogen-bond acceptors (Lipinski definition) is 4. The summed E-state index contributed by atoms with van der Waals surface area (Å²) in [5.41, 5.74) is 0.948. The van der Waals surface area contributed by atoms with Crippen molar-refractivity contribution in [2.75, 3.05) is 0 Å². The lowest BCUT2D eigenvalue weighted by Crippen LogP contribution is -1.86. The lowest BCUT2D eigenvalue weighted by atomic mass is 10.4. The van der Waals surface area contributed by atoms with E-state index in [-0.39, 0.29) is 0 Å². The third-order valence-electron chi connectivity index (χ3n) is 2.27. The maximum absolute atomic E-state index is 5.81. The molecular formula is C12H6ClIN2OS. The Hall–Kier alpha value is -0.920. The van der Waals surface area contributed by atoms with Gasteiger partial charge in [-0.25, -0.2) is 4.98 Å². The highest BCUT2D eigenvalue weighted by Gasteiger charge is 2.08. The molecule has 0 saturated heterocycles. The molecule has 0 amide bonds. The van der Waals surface area contributed by atoms with E-state index in [0.29, 0.717) is 10.9 Å². The smallest absolute Gasteiger partial charge is 0.148 e. The van der Waals surface area contributed by atoms with Crippen molar-refractivity contribution >= 4 is 55.7 Å². The number of fused-ring (bicyclic) bond motifs is 1. The third-order valence-corrected chi connectivity index (χ3v) is 4.40. The number of nitrogens with zero attached hydrogens (tertiary/aromatic N) is 2. The standard InChI is InChI=1S/C12H6ClIN2OS/c13-10-2-1-7(6-16-10)17-9-3-4-15-8-5-11(14)18-12(8)9/h1-6H. The van der Waals surface area contributed by atoms with E-state index in [2.05, 4.69) is 32.6 Å². The summed E-state index contributed by atoms with van der Waals surface area (Å²) in [6.45, 7) is 0. The average molecular weight is 389 g/mol. The number of thiophene rings is 1. The highest BCUT2D eigenvalue weighted by Crippen LogP contribution is 2.35. The van der Waals surface area contributed by atoms with E-state index in [0.717, 1.165) is 16.0 Å². The fourth-order valence-corrected chi connectivity index (χ4v) is 3.38. The van der Waals surface area contributed by atoms with Crippen LogP contribution in [0.15, 0.2) is 36.7 Å². The second-order valence-electron chi connectivity index (χ2n) is 3.49. The number of pyridine rings is 2. The molecule has 3 aromatic heterocycles. The topological polar surface area (TPSA) is 35.0 Å². The predicted octanol–water partition coefficient (Wildman–Crippen LogP) is 4.74. The molecule has 0 radical (unpaired) electrons. The quantitative estimate of drug-likeness (QED) is 0.470. The Morgan fingerprint density at radius 1 is 1.22 bits per heavy atom. The minimum Gasteiger partial charge on any atom is -0.454 e. The zero-order chi connectivity index (χ0) is 12.5. The minimum atomic E-state index is 0.452. The molecule has 3 aromatic rings. The van der Waals surface area contributed by atoms with Gasteiger partial charge in [0.15, 0.2) is 0 Å². The molecule has 0 unspecified atom stereocenters. The van der Waals surface area contributed by atoms with Crippen LogP contribution in [0.3, 0.4) is 0 Å². The Kier molecular flexibility index (Phi) is 3.36. The van der Waals surface area contributed by atoms with Crippen molar-refractivity contribution in [2.45, 2.75) is 0 Å². The number of halogens is 2. The average Bonchev–Trinajstić information content (AvgIpc) is 2.73. The van der Waals surface area contributed by atoms with Gasteiger partial charge in [0.2, 0.25) is 0 Å². The summed E-state index contributed by atoms with van der Waals surface area (Å²) in [7, 11) is 0. The van der Waals surface area contributed by atoms with E-state index in [1.807, 2.05) is 12.1 Å². The molecule has 0 atom stereocenters. The van der Waals surface area contributed by atoms with Crippen LogP contribution in [-0.4, -0.2) is 9.97 Å². The van der Waals surface area contributed by atoms with Crippen molar-refractivity contribution in [1.82, 2.24) is 9.97 Å². The minimum absolute atomic E-state index is 0.452. The van der Waals surface area contributed by atoms with Crippen molar-refractivity contribution in [3.05, 3.63) is 44.7 Å². The summed E-state index contributed by atoms with van der Waals surface area (Å²) in [6.07, 6.45) is 3.34. The fourth-order valence-electron chi connectivity index (χ4n) is 1.52. The zero-order valence-electron chi connectivity index (χ0n) is 8.93. The van der Waals surface area contributed by atoms with E-state index in [4.69, 9.17) is 16.3 Å². The summed E-state index contributed by atoms with van der Waals surface area (Å²) in [4.78, 5) is 8.29. The van der Waals surface area contributed by atoms with Gasteiger partial charge in [0.1, 0.15) is 16.7 Å². The summed E-state index contributed by atoms with van der Waals surface area (Å²) in [6, 6.07) is 7.38. The fraction of sp³-hybridized carbons (Fsp3) is 0. The van der Waals surface area contributed by atoms with Crippen LogP contribution >= 0.6 is 45.5 Å². The first-order chi connectivity index (χ1) is 8.72. The highest BCUT2D eigenvalue weighted by molar-refractivity contribution is 14.1. The van der Waals surface area contributed by atoms with Gasteiger partial charge in [0, 0.05) is 12.3 Å². The summed E-state index contributed by atoms with van der Waals surface area (Å²) in [5.74, 6) is 1.45. The Labute approximate surface area is 126 Å². The Bertz CT molecular complexity index is 699. The van der Waals surface area contributed by atoms with Crippen molar-refractivity contribution < 1.29 is 4.74 Å². The van der Waals surface area contributed by atoms with E-state index < -0.39 is 0 Å². The van der Waals surface area contributed by atoms with Gasteiger partial charge in [-0.15, -0.1) is 11.3 Å². The third kappa shape index (κ3) is 2.43. The van der Waals surface area contributed by atoms with Crippen LogP contribution in [0, 0.1) is 2.88 Å². The molecule has 0 aliphatic rings. The zero-order valence-corrected chi connectivity index (χ0v) is 12.7. The van der Waals surface area contributed by atoms with Gasteiger partial charge < -0.3 is 4.74 Å². The number of ether oxygens (including phenoxy) is 1. The van der Waals surface area contributed by atoms with Crippen LogP contribution in [0.1, 0.15) is 0 Å². The van der Waals surface area contributed by atoms with Crippen molar-refractivity contribution in [2.24, 2.45) is 0 Å². The molecule has 0 bridgehead atoms. The number of hydrogen-bond donors (Lipinski definition) is 0. The van der Waals surface area contributed by atoms with Gasteiger partial charge in [-0.1, -0.05) is 11.6 Å². The molecule has 0 N–H and O–H groups in total. The second-order valence-corrected chi connectivity index (χ2v) is 6.83. The van der Waals surface area contributed by atoms with Crippen LogP contribution in [-0.2, 0) is 0 Å². The second kappa shape index (κ2) is 4.99. The van der Waals surface area contributed by atoms with Crippen LogP contribution in [0.2, 0.25) is 5.15 Å². The van der Waals surface area contributed by atoms with Gasteiger partial charge in [-0.05, 0) is 40.8 Å². The van der Waals surface area contributed by atoms with Crippen LogP contribution < -0.4 is 4.74 Å². The van der Waals surface area contributed by atoms with Gasteiger partial charge in [0.05, 0.1) is 19.3 Å². The van der Waals surface area contributed by atoms with Gasteiger partial charge in [0.25, 0.3) is 0 Å². The Balaban J connectivity index is 2.01. The maximum Gasteiger partial charge on any atom is 0.148 e. The van der Waals surface area contributed by atoms with Crippen LogP contribution in [0.25, 0.3) is 10.2 Å². The lowest BCUT2D eigenvalue weighted by Gasteiger charge is -2.05. The molecule has 0 fully saturated rings. The molecule has 3 rings (SSSR count). The molecule has 0 aliphatic carbocycles. The van der Waals surface area contributed by atoms with E-state index in [9.17, 15) is 0 Å². The molecule has 0 spiro atoms. The molecular weight excluding hydrogens is 383 g/mol. The molecule has 3 nitrogen and oxygen atoms in total. The normalized spacial score (nSPS) is 10.8. The van der Waals surface area contributed by atoms with Crippen molar-refractivity contribution in [3.8, 4) is 11.5 Å². The summed E-state index contributed by atoms with van der Waals surface area (Å²) < 4.78 is 8.03. The molecule has 6 heteroatoms. The highest BCUT2D eigenvalue weighted by atomic mass is 127. The van der Waals surface area contributed by atoms with Gasteiger partial charge in [-0.2, -0.15) is 0 Å². The Morgan fingerprint density at radius 2 is 2.11 bits per heavy atom. The number of rotatable bonds is 2. The van der Waals surface area contributed by atoms with Crippen LogP contribution in [0.5, 0.6) is 11.5 Å². The number of aromatic nitrogens is 2. The Morgan fingerprint density at radius 3 is 2.89 bits per heavy atom. The molecule has 3 heterocycles. The van der Waals surface area contributed by atoms with E-state index in [1.165, 1.54) is 2.88 Å². The SMILES string of the molecule is Clc1ccc(Oc2ccnc3cc(I)sc23)cn1. The first-order valence-electron chi connectivity index (χ1n) is 5.06. The maximum atomic E-state index is 5.81. The van der Waals surface area contributed by atoms with E-state index in [1.54, 1.807) is 35.9 Å². The van der Waals surface area contributed by atoms with Crippen molar-refractivity contribution in [3.63, 3.8) is 0 Å². The lowest BCUT2D eigenvalue weighted by molar-refractivity contribution is 0.486. The molecule has 0 aromatic carbocycles. The summed E-state index contributed by atoms with van der Waals surface area (Å²) >= 11 is 9.67. The first kappa shape index (κ1) is 12.1. The van der Waals surface area contributed by atoms with Crippen molar-refractivity contribution in [1.29, 1.82) is 0 Å². The van der Waals surface area contributed by atoms with Gasteiger partial charge >= 0.3 is 0 Å². The molecule has 0 aliphatic heterocycles. The van der Waals surface area contributed by atoms with Gasteiger partial charge in [-0.3, -0.25) is 4.98 Å².